The van der Waals surface area contributed by atoms with Crippen molar-refractivity contribution in [3.63, 3.8) is 0 Å². The van der Waals surface area contributed by atoms with Crippen LogP contribution in [0.25, 0.3) is 0 Å². The molecule has 0 aromatic heterocycles. The molecule has 0 saturated carbocycles. The van der Waals surface area contributed by atoms with Crippen molar-refractivity contribution in [3.8, 4) is 0 Å². The van der Waals surface area contributed by atoms with Gasteiger partial charge in [-0.1, -0.05) is 73.3 Å². The van der Waals surface area contributed by atoms with E-state index in [0.29, 0.717) is 11.1 Å². The van der Waals surface area contributed by atoms with Gasteiger partial charge in [0.1, 0.15) is 52.5 Å². The van der Waals surface area contributed by atoms with Crippen LogP contribution in [0.1, 0.15) is 45.7 Å². The molecule has 0 saturated heterocycles. The van der Waals surface area contributed by atoms with Crippen LogP contribution in [0.2, 0.25) is 0 Å². The fraction of sp³-hybridized carbons (Fsp3) is 0.510. The van der Waals surface area contributed by atoms with Gasteiger partial charge < -0.3 is 56.4 Å². The van der Waals surface area contributed by atoms with Crippen LogP contribution in [-0.2, 0) is 60.9 Å². The number of rotatable bonds is 30. The van der Waals surface area contributed by atoms with Crippen molar-refractivity contribution in [2.24, 2.45) is 11.5 Å². The first kappa shape index (κ1) is 63.0. The van der Waals surface area contributed by atoms with E-state index >= 15 is 0 Å². The number of carbonyl (C=O) groups is 10. The topological polar surface area (TPSA) is 333 Å². The number of nitrogens with two attached hydrogens (primary N) is 2. The highest BCUT2D eigenvalue weighted by Gasteiger charge is 2.29. The molecule has 0 aliphatic heterocycles. The SMILES string of the molecule is C=CCOC(=O)N(CC(=O)N[C@@H](C)CN(CC(=O)N[C@@H](C)CN(CC(=O)N[C@@H](C)CN(CC(=O)N[C@@H](C)CN(CC(N)=O)C(=O)OC)C(=O)OCc1ccccc1)C(=O)OC)C(=O)OCc1ccccc1)C[C@H](C)N. The van der Waals surface area contributed by atoms with Gasteiger partial charge in [-0.25, -0.2) is 24.0 Å². The van der Waals surface area contributed by atoms with Crippen LogP contribution >= 0.6 is 0 Å². The Kier molecular flexibility index (Phi) is 28.2. The molecule has 414 valence electrons. The maximum absolute atomic E-state index is 13.5. The quantitative estimate of drug-likeness (QED) is 0.0467. The number of methoxy groups -OCH3 is 2. The lowest BCUT2D eigenvalue weighted by Gasteiger charge is -2.29. The second-order valence-corrected chi connectivity index (χ2v) is 17.6. The highest BCUT2D eigenvalue weighted by Crippen LogP contribution is 2.08. The van der Waals surface area contributed by atoms with Crippen LogP contribution in [-0.4, -0.2) is 201 Å². The van der Waals surface area contributed by atoms with E-state index in [2.05, 4.69) is 27.8 Å². The summed E-state index contributed by atoms with van der Waals surface area (Å²) in [5.41, 5.74) is 12.5. The second kappa shape index (κ2) is 33.5. The fourth-order valence-corrected chi connectivity index (χ4v) is 7.13. The Morgan fingerprint density at radius 2 is 0.773 bits per heavy atom. The lowest BCUT2D eigenvalue weighted by molar-refractivity contribution is -0.124. The highest BCUT2D eigenvalue weighted by atomic mass is 16.6. The summed E-state index contributed by atoms with van der Waals surface area (Å²) >= 11 is 0. The normalized spacial score (nSPS) is 12.5. The van der Waals surface area contributed by atoms with Crippen LogP contribution in [0.3, 0.4) is 0 Å². The Morgan fingerprint density at radius 3 is 1.07 bits per heavy atom. The standard InChI is InChI=1S/C49H73N11O15/c1-9-20-73-47(68)56(21-33(2)50)27-41(62)54-36(5)24-59(48(69)74-31-38-16-12-10-13-17-38)30-44(65)53-35(4)23-58(46(67)72-8)28-42(63)55-37(6)25-60(49(70)75-32-39-18-14-11-15-19-39)29-43(64)52-34(3)22-57(26-40(51)61)45(66)71-7/h9-19,33-37H,1,20-32,50H2,2-8H3,(H2,51,61)(H,52,64)(H,53,65)(H,54,62)(H,55,63)/t33-,34-,35-,36-,37-/m0/s1. The molecule has 0 aliphatic rings. The summed E-state index contributed by atoms with van der Waals surface area (Å²) in [4.78, 5) is 135. The molecule has 2 aromatic carbocycles. The molecule has 0 fully saturated rings. The van der Waals surface area contributed by atoms with Crippen molar-refractivity contribution in [1.29, 1.82) is 0 Å². The van der Waals surface area contributed by atoms with E-state index in [4.69, 9.17) is 35.2 Å². The largest absolute Gasteiger partial charge is 0.453 e. The van der Waals surface area contributed by atoms with Crippen molar-refractivity contribution in [1.82, 2.24) is 45.8 Å². The maximum atomic E-state index is 13.5. The van der Waals surface area contributed by atoms with Gasteiger partial charge in [0.25, 0.3) is 0 Å². The Bertz CT molecular complexity index is 2210. The number of amides is 10. The van der Waals surface area contributed by atoms with Gasteiger partial charge in [0, 0.05) is 62.9 Å². The third kappa shape index (κ3) is 25.9. The van der Waals surface area contributed by atoms with E-state index in [-0.39, 0.29) is 52.5 Å². The van der Waals surface area contributed by atoms with Crippen LogP contribution in [0.5, 0.6) is 0 Å². The molecule has 0 radical (unpaired) electrons. The molecule has 10 amide bonds. The number of hydrogen-bond donors (Lipinski definition) is 6. The minimum absolute atomic E-state index is 0.00561. The van der Waals surface area contributed by atoms with E-state index in [9.17, 15) is 47.9 Å². The number of hydrogen-bond acceptors (Lipinski definition) is 16. The summed E-state index contributed by atoms with van der Waals surface area (Å²) in [6.07, 6.45) is -2.99. The number of benzene rings is 2. The Labute approximate surface area is 436 Å². The molecular weight excluding hydrogens is 983 g/mol. The Balaban J connectivity index is 2.16. The van der Waals surface area contributed by atoms with Crippen LogP contribution in [0.4, 0.5) is 24.0 Å². The zero-order valence-electron chi connectivity index (χ0n) is 43.7. The van der Waals surface area contributed by atoms with Crippen LogP contribution < -0.4 is 32.7 Å². The smallest absolute Gasteiger partial charge is 0.410 e. The molecule has 0 heterocycles. The first-order valence-corrected chi connectivity index (χ1v) is 23.8. The fourth-order valence-electron chi connectivity index (χ4n) is 7.13. The van der Waals surface area contributed by atoms with Crippen molar-refractivity contribution < 1.29 is 71.6 Å². The van der Waals surface area contributed by atoms with E-state index < -0.39 is 123 Å². The second-order valence-electron chi connectivity index (χ2n) is 17.6. The summed E-state index contributed by atoms with van der Waals surface area (Å²) < 4.78 is 25.7. The van der Waals surface area contributed by atoms with Gasteiger partial charge in [-0.3, -0.25) is 48.5 Å². The number of nitrogens with one attached hydrogen (secondary N) is 4. The highest BCUT2D eigenvalue weighted by molar-refractivity contribution is 5.85. The lowest BCUT2D eigenvalue weighted by Crippen LogP contribution is -2.53. The molecule has 2 rings (SSSR count). The van der Waals surface area contributed by atoms with Crippen molar-refractivity contribution in [3.05, 3.63) is 84.4 Å². The molecule has 75 heavy (non-hydrogen) atoms. The average molecular weight is 1060 g/mol. The van der Waals surface area contributed by atoms with Gasteiger partial charge in [0.2, 0.25) is 29.5 Å². The molecule has 2 aromatic rings. The minimum atomic E-state index is -0.929. The van der Waals surface area contributed by atoms with Crippen molar-refractivity contribution in [2.75, 3.05) is 86.3 Å². The zero-order valence-corrected chi connectivity index (χ0v) is 43.7. The van der Waals surface area contributed by atoms with Crippen LogP contribution in [0, 0.1) is 0 Å². The molecular formula is C49H73N11O15. The molecule has 26 heteroatoms. The van der Waals surface area contributed by atoms with E-state index in [0.717, 1.165) is 38.7 Å². The molecule has 8 N–H and O–H groups in total. The minimum Gasteiger partial charge on any atom is -0.453 e. The first-order chi connectivity index (χ1) is 35.5. The molecule has 0 bridgehead atoms. The maximum Gasteiger partial charge on any atom is 0.410 e. The van der Waals surface area contributed by atoms with E-state index in [1.54, 1.807) is 95.3 Å². The van der Waals surface area contributed by atoms with Crippen molar-refractivity contribution >= 4 is 60.0 Å². The predicted octanol–water partition coefficient (Wildman–Crippen LogP) is 0.877. The molecule has 26 nitrogen and oxygen atoms in total. The van der Waals surface area contributed by atoms with Crippen LogP contribution in [0.15, 0.2) is 73.3 Å². The summed E-state index contributed by atoms with van der Waals surface area (Å²) in [5, 5.41) is 10.7. The number of ether oxygens (including phenoxy) is 5. The lowest BCUT2D eigenvalue weighted by atomic mass is 10.2. The van der Waals surface area contributed by atoms with E-state index in [1.165, 1.54) is 6.08 Å². The summed E-state index contributed by atoms with van der Waals surface area (Å²) in [5.74, 6) is -3.50. The van der Waals surface area contributed by atoms with Gasteiger partial charge in [-0.05, 0) is 45.7 Å². The Morgan fingerprint density at radius 1 is 0.480 bits per heavy atom. The summed E-state index contributed by atoms with van der Waals surface area (Å²) in [7, 11) is 2.21. The molecule has 0 unspecified atom stereocenters. The third-order valence-electron chi connectivity index (χ3n) is 10.2. The number of primary amides is 1. The predicted molar refractivity (Wildman–Crippen MR) is 271 cm³/mol. The molecule has 5 atom stereocenters. The molecule has 0 aliphatic carbocycles. The first-order valence-electron chi connectivity index (χ1n) is 23.8. The average Bonchev–Trinajstić information content (AvgIpc) is 3.34. The third-order valence-corrected chi connectivity index (χ3v) is 10.2. The monoisotopic (exact) mass is 1060 g/mol. The van der Waals surface area contributed by atoms with Gasteiger partial charge in [0.15, 0.2) is 0 Å². The van der Waals surface area contributed by atoms with Gasteiger partial charge in [0.05, 0.1) is 14.2 Å². The Hall–Kier alpha value is -8.16. The van der Waals surface area contributed by atoms with E-state index in [1.807, 2.05) is 0 Å². The van der Waals surface area contributed by atoms with Gasteiger partial charge in [-0.15, -0.1) is 0 Å². The summed E-state index contributed by atoms with van der Waals surface area (Å²) in [6, 6.07) is 13.8. The van der Waals surface area contributed by atoms with Gasteiger partial charge >= 0.3 is 30.5 Å². The van der Waals surface area contributed by atoms with Gasteiger partial charge in [-0.2, -0.15) is 0 Å². The summed E-state index contributed by atoms with van der Waals surface area (Å²) in [6.45, 7) is 7.50. The molecule has 0 spiro atoms. The number of carbonyl (C=O) groups excluding carboxylic acids is 10. The van der Waals surface area contributed by atoms with Crippen molar-refractivity contribution in [2.45, 2.75) is 78.0 Å². The number of nitrogens with zero attached hydrogens (tertiary/aromatic N) is 5. The zero-order chi connectivity index (χ0) is 56.0.